The summed E-state index contributed by atoms with van der Waals surface area (Å²) in [6.45, 7) is 4.20. The lowest BCUT2D eigenvalue weighted by Crippen LogP contribution is -2.45. The van der Waals surface area contributed by atoms with E-state index in [1.54, 1.807) is 6.08 Å². The molecule has 50 heavy (non-hydrogen) atoms. The van der Waals surface area contributed by atoms with Crippen LogP contribution in [-0.2, 0) is 4.79 Å². The first-order chi connectivity index (χ1) is 24.5. The highest BCUT2D eigenvalue weighted by atomic mass is 16.3. The molecule has 0 heterocycles. The zero-order valence-electron chi connectivity index (χ0n) is 33.3. The maximum absolute atomic E-state index is 12.4. The number of hydrogen-bond donors (Lipinski definition) is 4. The first-order valence-corrected chi connectivity index (χ1v) is 21.8. The number of aliphatic hydroxyl groups excluding tert-OH is 3. The molecule has 0 saturated heterocycles. The van der Waals surface area contributed by atoms with Crippen molar-refractivity contribution in [3.63, 3.8) is 0 Å². The number of aliphatic hydroxyl groups is 3. The van der Waals surface area contributed by atoms with Gasteiger partial charge in [-0.1, -0.05) is 198 Å². The molecule has 0 aromatic heterocycles. The first kappa shape index (κ1) is 48.6. The van der Waals surface area contributed by atoms with Crippen LogP contribution >= 0.6 is 0 Å². The van der Waals surface area contributed by atoms with Gasteiger partial charge in [0.05, 0.1) is 31.3 Å². The van der Waals surface area contributed by atoms with Crippen LogP contribution in [-0.4, -0.2) is 46.1 Å². The van der Waals surface area contributed by atoms with Gasteiger partial charge in [-0.15, -0.1) is 0 Å². The van der Waals surface area contributed by atoms with Gasteiger partial charge < -0.3 is 20.6 Å². The molecular weight excluding hydrogens is 618 g/mol. The molecule has 5 heteroatoms. The van der Waals surface area contributed by atoms with Crippen LogP contribution in [0, 0.1) is 0 Å². The van der Waals surface area contributed by atoms with Gasteiger partial charge in [-0.05, 0) is 51.4 Å². The molecule has 5 nitrogen and oxygen atoms in total. The van der Waals surface area contributed by atoms with Crippen molar-refractivity contribution in [3.05, 3.63) is 36.5 Å². The Morgan fingerprint density at radius 3 is 1.32 bits per heavy atom. The van der Waals surface area contributed by atoms with Gasteiger partial charge in [0, 0.05) is 0 Å². The summed E-state index contributed by atoms with van der Waals surface area (Å²) in [5.41, 5.74) is 0. The van der Waals surface area contributed by atoms with Gasteiger partial charge in [0.1, 0.15) is 0 Å². The molecule has 1 amide bonds. The van der Waals surface area contributed by atoms with E-state index in [-0.39, 0.29) is 18.9 Å². The normalized spacial score (nSPS) is 13.9. The second kappa shape index (κ2) is 40.3. The van der Waals surface area contributed by atoms with Crippen LogP contribution in [0.4, 0.5) is 0 Å². The fourth-order valence-electron chi connectivity index (χ4n) is 6.55. The van der Waals surface area contributed by atoms with E-state index in [2.05, 4.69) is 43.5 Å². The zero-order chi connectivity index (χ0) is 36.6. The predicted octanol–water partition coefficient (Wildman–Crippen LogP) is 12.4. The Kier molecular flexibility index (Phi) is 39.2. The van der Waals surface area contributed by atoms with Gasteiger partial charge in [0.15, 0.2) is 0 Å². The number of allylic oxidation sites excluding steroid dienone is 5. The van der Waals surface area contributed by atoms with Gasteiger partial charge in [-0.25, -0.2) is 0 Å². The molecule has 0 bridgehead atoms. The van der Waals surface area contributed by atoms with Crippen molar-refractivity contribution >= 4 is 5.91 Å². The van der Waals surface area contributed by atoms with Gasteiger partial charge in [-0.2, -0.15) is 0 Å². The van der Waals surface area contributed by atoms with E-state index in [0.717, 1.165) is 32.1 Å². The number of unbranched alkanes of at least 4 members (excludes halogenated alkanes) is 26. The topological polar surface area (TPSA) is 89.8 Å². The van der Waals surface area contributed by atoms with E-state index in [4.69, 9.17) is 0 Å². The Balaban J connectivity index is 3.66. The minimum atomic E-state index is -0.929. The zero-order valence-corrected chi connectivity index (χ0v) is 33.3. The van der Waals surface area contributed by atoms with Crippen LogP contribution in [0.3, 0.4) is 0 Å². The van der Waals surface area contributed by atoms with Gasteiger partial charge in [0.25, 0.3) is 0 Å². The summed E-state index contributed by atoms with van der Waals surface area (Å²) in [4.78, 5) is 12.4. The molecule has 0 saturated carbocycles. The molecule has 3 unspecified atom stereocenters. The minimum Gasteiger partial charge on any atom is -0.394 e. The highest BCUT2D eigenvalue weighted by molar-refractivity contribution is 5.76. The van der Waals surface area contributed by atoms with E-state index in [1.165, 1.54) is 161 Å². The third-order valence-electron chi connectivity index (χ3n) is 9.92. The maximum Gasteiger partial charge on any atom is 0.222 e. The minimum absolute atomic E-state index is 0.00809. The Hall–Kier alpha value is -1.43. The lowest BCUT2D eigenvalue weighted by atomic mass is 10.0. The van der Waals surface area contributed by atoms with Crippen LogP contribution in [0.15, 0.2) is 36.5 Å². The van der Waals surface area contributed by atoms with Gasteiger partial charge in [0.2, 0.25) is 5.91 Å². The molecule has 294 valence electrons. The second-order valence-corrected chi connectivity index (χ2v) is 15.0. The van der Waals surface area contributed by atoms with Crippen LogP contribution in [0.5, 0.6) is 0 Å². The average molecular weight is 704 g/mol. The third kappa shape index (κ3) is 36.4. The standard InChI is InChI=1S/C45H85NO4/c1-3-5-7-9-11-13-15-17-18-19-20-21-22-23-24-25-26-27-28-30-32-34-36-38-42(48)40-45(50)46-43(41-47)44(49)39-37-35-33-31-29-16-14-12-10-8-6-4-2/h20-21,23-24,37,39,42-44,47-49H,3-19,22,25-36,38,40-41H2,1-2H3,(H,46,50)/b21-20-,24-23-,39-37+. The van der Waals surface area contributed by atoms with Crippen LogP contribution in [0.25, 0.3) is 0 Å². The number of carbonyl (C=O) groups is 1. The third-order valence-corrected chi connectivity index (χ3v) is 9.92. The molecule has 0 aliphatic carbocycles. The second-order valence-electron chi connectivity index (χ2n) is 15.0. The molecule has 0 aliphatic heterocycles. The highest BCUT2D eigenvalue weighted by Gasteiger charge is 2.20. The van der Waals surface area contributed by atoms with Crippen LogP contribution < -0.4 is 5.32 Å². The maximum atomic E-state index is 12.4. The Morgan fingerprint density at radius 2 is 0.900 bits per heavy atom. The van der Waals surface area contributed by atoms with Gasteiger partial charge >= 0.3 is 0 Å². The van der Waals surface area contributed by atoms with Crippen molar-refractivity contribution in [2.45, 2.75) is 238 Å². The van der Waals surface area contributed by atoms with Crippen molar-refractivity contribution < 1.29 is 20.1 Å². The number of hydrogen-bond acceptors (Lipinski definition) is 4. The smallest absolute Gasteiger partial charge is 0.222 e. The lowest BCUT2D eigenvalue weighted by Gasteiger charge is -2.21. The summed E-state index contributed by atoms with van der Waals surface area (Å²) in [6.07, 6.45) is 50.0. The summed E-state index contributed by atoms with van der Waals surface area (Å²) in [6, 6.07) is -0.745. The predicted molar refractivity (Wildman–Crippen MR) is 218 cm³/mol. The summed E-state index contributed by atoms with van der Waals surface area (Å²) < 4.78 is 0. The van der Waals surface area contributed by atoms with Crippen LogP contribution in [0.2, 0.25) is 0 Å². The molecular formula is C45H85NO4. The molecule has 0 rings (SSSR count). The number of carbonyl (C=O) groups excluding carboxylic acids is 1. The highest BCUT2D eigenvalue weighted by Crippen LogP contribution is 2.14. The van der Waals surface area contributed by atoms with Crippen molar-refractivity contribution in [3.8, 4) is 0 Å². The van der Waals surface area contributed by atoms with Crippen molar-refractivity contribution in [2.75, 3.05) is 6.61 Å². The molecule has 0 spiro atoms. The number of nitrogens with one attached hydrogen (secondary N) is 1. The van der Waals surface area contributed by atoms with Crippen molar-refractivity contribution in [1.82, 2.24) is 5.32 Å². The summed E-state index contributed by atoms with van der Waals surface area (Å²) in [5.74, 6) is -0.321. The van der Waals surface area contributed by atoms with E-state index in [0.29, 0.717) is 6.42 Å². The number of rotatable bonds is 39. The molecule has 0 aromatic rings. The fraction of sp³-hybridized carbons (Fsp3) is 0.844. The SMILES string of the molecule is CCCCCCCCCCC/C=C\C/C=C\CCCCCCCCCC(O)CC(=O)NC(CO)C(O)/C=C/CCCCCCCCCCCC. The van der Waals surface area contributed by atoms with E-state index < -0.39 is 18.2 Å². The van der Waals surface area contributed by atoms with E-state index >= 15 is 0 Å². The summed E-state index contributed by atoms with van der Waals surface area (Å²) in [7, 11) is 0. The molecule has 3 atom stereocenters. The fourth-order valence-corrected chi connectivity index (χ4v) is 6.55. The van der Waals surface area contributed by atoms with E-state index in [9.17, 15) is 20.1 Å². The first-order valence-electron chi connectivity index (χ1n) is 21.8. The average Bonchev–Trinajstić information content (AvgIpc) is 3.11. The molecule has 0 aliphatic rings. The van der Waals surface area contributed by atoms with Crippen molar-refractivity contribution in [1.29, 1.82) is 0 Å². The largest absolute Gasteiger partial charge is 0.394 e. The Morgan fingerprint density at radius 1 is 0.520 bits per heavy atom. The van der Waals surface area contributed by atoms with Crippen LogP contribution in [0.1, 0.15) is 219 Å². The quantitative estimate of drug-likeness (QED) is 0.0379. The van der Waals surface area contributed by atoms with E-state index in [1.807, 2.05) is 6.08 Å². The lowest BCUT2D eigenvalue weighted by molar-refractivity contribution is -0.124. The molecule has 0 aromatic carbocycles. The summed E-state index contributed by atoms with van der Waals surface area (Å²) in [5, 5.41) is 33.1. The molecule has 0 fully saturated rings. The Bertz CT molecular complexity index is 779. The molecule has 0 radical (unpaired) electrons. The van der Waals surface area contributed by atoms with Crippen molar-refractivity contribution in [2.24, 2.45) is 0 Å². The monoisotopic (exact) mass is 704 g/mol. The summed E-state index contributed by atoms with van der Waals surface area (Å²) >= 11 is 0. The van der Waals surface area contributed by atoms with Gasteiger partial charge in [-0.3, -0.25) is 4.79 Å². The number of amides is 1. The molecule has 4 N–H and O–H groups in total. The Labute approximate surface area is 311 Å².